The standard InChI is InChI=1S/C20H31NO3.ClH/c1-14(2)10-17(12-19(22)18(21)11-15(3)4)20(23)24-13-16-8-6-5-7-9-16;/h5-9,14-15,17-18H,10-13,21H2,1-4H3;1H/t17-,18+;/m1./s1. The fourth-order valence-corrected chi connectivity index (χ4v) is 2.71. The van der Waals surface area contributed by atoms with Crippen molar-refractivity contribution in [3.05, 3.63) is 35.9 Å². The fraction of sp³-hybridized carbons (Fsp3) is 0.600. The van der Waals surface area contributed by atoms with Crippen molar-refractivity contribution in [2.75, 3.05) is 0 Å². The lowest BCUT2D eigenvalue weighted by Gasteiger charge is -2.20. The van der Waals surface area contributed by atoms with Gasteiger partial charge in [-0.05, 0) is 30.2 Å². The molecule has 0 aromatic heterocycles. The molecule has 25 heavy (non-hydrogen) atoms. The Morgan fingerprint density at radius 3 is 2.08 bits per heavy atom. The van der Waals surface area contributed by atoms with E-state index >= 15 is 0 Å². The molecule has 1 aromatic carbocycles. The molecule has 0 aliphatic heterocycles. The highest BCUT2D eigenvalue weighted by Gasteiger charge is 2.27. The van der Waals surface area contributed by atoms with Gasteiger partial charge in [-0.15, -0.1) is 12.4 Å². The summed E-state index contributed by atoms with van der Waals surface area (Å²) in [7, 11) is 0. The number of ether oxygens (including phenoxy) is 1. The molecule has 0 saturated heterocycles. The summed E-state index contributed by atoms with van der Waals surface area (Å²) in [5.41, 5.74) is 6.90. The second-order valence-electron chi connectivity index (χ2n) is 7.33. The van der Waals surface area contributed by atoms with Gasteiger partial charge in [-0.1, -0.05) is 58.0 Å². The van der Waals surface area contributed by atoms with Crippen LogP contribution in [0.2, 0.25) is 0 Å². The average molecular weight is 370 g/mol. The Morgan fingerprint density at radius 1 is 1.00 bits per heavy atom. The van der Waals surface area contributed by atoms with Gasteiger partial charge in [0.15, 0.2) is 0 Å². The Labute approximate surface area is 157 Å². The van der Waals surface area contributed by atoms with Gasteiger partial charge < -0.3 is 10.5 Å². The van der Waals surface area contributed by atoms with E-state index in [1.807, 2.05) is 58.0 Å². The number of carbonyl (C=O) groups excluding carboxylic acids is 2. The van der Waals surface area contributed by atoms with Gasteiger partial charge in [-0.3, -0.25) is 9.59 Å². The second-order valence-corrected chi connectivity index (χ2v) is 7.33. The van der Waals surface area contributed by atoms with Crippen LogP contribution < -0.4 is 5.73 Å². The van der Waals surface area contributed by atoms with Crippen LogP contribution >= 0.6 is 12.4 Å². The van der Waals surface area contributed by atoms with Crippen LogP contribution in [0.3, 0.4) is 0 Å². The van der Waals surface area contributed by atoms with Crippen LogP contribution in [0, 0.1) is 17.8 Å². The number of nitrogens with two attached hydrogens (primary N) is 1. The summed E-state index contributed by atoms with van der Waals surface area (Å²) >= 11 is 0. The molecule has 142 valence electrons. The third kappa shape index (κ3) is 9.61. The number of rotatable bonds is 10. The zero-order valence-electron chi connectivity index (χ0n) is 15.7. The number of esters is 1. The first kappa shape index (κ1) is 23.6. The third-order valence-electron chi connectivity index (χ3n) is 3.90. The SMILES string of the molecule is CC(C)C[C@H](CC(=O)[C@@H](N)CC(C)C)C(=O)OCc1ccccc1.Cl. The Hall–Kier alpha value is -1.39. The molecule has 0 spiro atoms. The Bertz CT molecular complexity index is 517. The van der Waals surface area contributed by atoms with Crippen molar-refractivity contribution in [3.8, 4) is 0 Å². The highest BCUT2D eigenvalue weighted by molar-refractivity contribution is 5.88. The lowest BCUT2D eigenvalue weighted by Crippen LogP contribution is -2.35. The Morgan fingerprint density at radius 2 is 1.56 bits per heavy atom. The highest BCUT2D eigenvalue weighted by atomic mass is 35.5. The summed E-state index contributed by atoms with van der Waals surface area (Å²) in [6, 6.07) is 9.05. The summed E-state index contributed by atoms with van der Waals surface area (Å²) in [6.45, 7) is 8.38. The van der Waals surface area contributed by atoms with E-state index in [4.69, 9.17) is 10.5 Å². The first-order valence-corrected chi connectivity index (χ1v) is 8.78. The van der Waals surface area contributed by atoms with Crippen LogP contribution in [0.1, 0.15) is 52.5 Å². The molecule has 0 bridgehead atoms. The van der Waals surface area contributed by atoms with Crippen molar-refractivity contribution in [2.45, 2.75) is 59.6 Å². The van der Waals surface area contributed by atoms with E-state index in [1.165, 1.54) is 0 Å². The van der Waals surface area contributed by atoms with Gasteiger partial charge >= 0.3 is 5.97 Å². The molecule has 0 aliphatic carbocycles. The number of benzene rings is 1. The summed E-state index contributed by atoms with van der Waals surface area (Å²) < 4.78 is 5.42. The smallest absolute Gasteiger partial charge is 0.309 e. The van der Waals surface area contributed by atoms with Crippen LogP contribution in [-0.2, 0) is 20.9 Å². The van der Waals surface area contributed by atoms with Crippen LogP contribution in [-0.4, -0.2) is 17.8 Å². The van der Waals surface area contributed by atoms with Crippen molar-refractivity contribution in [1.29, 1.82) is 0 Å². The van der Waals surface area contributed by atoms with Crippen molar-refractivity contribution < 1.29 is 14.3 Å². The molecular formula is C20H32ClNO3. The first-order chi connectivity index (χ1) is 11.3. The van der Waals surface area contributed by atoms with E-state index in [9.17, 15) is 9.59 Å². The average Bonchev–Trinajstić information content (AvgIpc) is 2.51. The van der Waals surface area contributed by atoms with E-state index in [1.54, 1.807) is 0 Å². The van der Waals surface area contributed by atoms with Gasteiger partial charge in [0.1, 0.15) is 12.4 Å². The zero-order chi connectivity index (χ0) is 18.1. The number of halogens is 1. The number of Topliss-reactive ketones (excluding diaryl/α,β-unsaturated/α-hetero) is 1. The van der Waals surface area contributed by atoms with E-state index in [0.29, 0.717) is 24.7 Å². The van der Waals surface area contributed by atoms with E-state index in [2.05, 4.69) is 0 Å². The molecule has 0 heterocycles. The molecule has 4 nitrogen and oxygen atoms in total. The molecule has 0 aliphatic rings. The molecule has 0 unspecified atom stereocenters. The molecule has 0 radical (unpaired) electrons. The molecule has 5 heteroatoms. The Kier molecular flexibility index (Phi) is 11.4. The predicted octanol–water partition coefficient (Wildman–Crippen LogP) is 4.15. The van der Waals surface area contributed by atoms with Gasteiger partial charge in [-0.25, -0.2) is 0 Å². The largest absolute Gasteiger partial charge is 0.461 e. The summed E-state index contributed by atoms with van der Waals surface area (Å²) in [6.07, 6.45) is 1.44. The van der Waals surface area contributed by atoms with Gasteiger partial charge in [-0.2, -0.15) is 0 Å². The minimum atomic E-state index is -0.499. The third-order valence-corrected chi connectivity index (χ3v) is 3.90. The molecule has 0 fully saturated rings. The monoisotopic (exact) mass is 369 g/mol. The minimum absolute atomic E-state index is 0. The molecule has 2 N–H and O–H groups in total. The predicted molar refractivity (Wildman–Crippen MR) is 103 cm³/mol. The van der Waals surface area contributed by atoms with Crippen molar-refractivity contribution >= 4 is 24.2 Å². The van der Waals surface area contributed by atoms with Gasteiger partial charge in [0, 0.05) is 6.42 Å². The van der Waals surface area contributed by atoms with E-state index in [0.717, 1.165) is 5.56 Å². The minimum Gasteiger partial charge on any atom is -0.461 e. The maximum absolute atomic E-state index is 12.4. The molecule has 0 amide bonds. The number of ketones is 1. The van der Waals surface area contributed by atoms with Gasteiger partial charge in [0.05, 0.1) is 12.0 Å². The first-order valence-electron chi connectivity index (χ1n) is 8.78. The quantitative estimate of drug-likeness (QED) is 0.629. The van der Waals surface area contributed by atoms with Crippen LogP contribution in [0.25, 0.3) is 0 Å². The lowest BCUT2D eigenvalue weighted by molar-refractivity contribution is -0.152. The Balaban J connectivity index is 0.00000576. The van der Waals surface area contributed by atoms with Crippen LogP contribution in [0.5, 0.6) is 0 Å². The lowest BCUT2D eigenvalue weighted by atomic mass is 9.89. The maximum atomic E-state index is 12.4. The summed E-state index contributed by atoms with van der Waals surface area (Å²) in [4.78, 5) is 24.7. The number of carbonyl (C=O) groups is 2. The van der Waals surface area contributed by atoms with Gasteiger partial charge in [0.25, 0.3) is 0 Å². The number of hydrogen-bond acceptors (Lipinski definition) is 4. The summed E-state index contributed by atoms with van der Waals surface area (Å²) in [5.74, 6) is -0.103. The maximum Gasteiger partial charge on any atom is 0.309 e. The normalized spacial score (nSPS) is 13.2. The molecule has 1 aromatic rings. The topological polar surface area (TPSA) is 69.4 Å². The molecule has 2 atom stereocenters. The van der Waals surface area contributed by atoms with E-state index < -0.39 is 12.0 Å². The second kappa shape index (κ2) is 12.0. The van der Waals surface area contributed by atoms with Crippen LogP contribution in [0.15, 0.2) is 30.3 Å². The van der Waals surface area contributed by atoms with Crippen molar-refractivity contribution in [3.63, 3.8) is 0 Å². The fourth-order valence-electron chi connectivity index (χ4n) is 2.71. The summed E-state index contributed by atoms with van der Waals surface area (Å²) in [5, 5.41) is 0. The molecular weight excluding hydrogens is 338 g/mol. The molecule has 1 rings (SSSR count). The van der Waals surface area contributed by atoms with Gasteiger partial charge in [0.2, 0.25) is 0 Å². The highest BCUT2D eigenvalue weighted by Crippen LogP contribution is 2.20. The van der Waals surface area contributed by atoms with E-state index in [-0.39, 0.29) is 37.2 Å². The molecule has 0 saturated carbocycles. The van der Waals surface area contributed by atoms with Crippen molar-refractivity contribution in [1.82, 2.24) is 0 Å². The number of hydrogen-bond donors (Lipinski definition) is 1. The van der Waals surface area contributed by atoms with Crippen molar-refractivity contribution in [2.24, 2.45) is 23.5 Å². The zero-order valence-corrected chi connectivity index (χ0v) is 16.6. The van der Waals surface area contributed by atoms with Crippen LogP contribution in [0.4, 0.5) is 0 Å².